The van der Waals surface area contributed by atoms with Crippen LogP contribution in [0.5, 0.6) is 0 Å². The predicted molar refractivity (Wildman–Crippen MR) is 73.5 cm³/mol. The van der Waals surface area contributed by atoms with E-state index in [1.807, 2.05) is 6.92 Å². The SMILES string of the molecule is CCC/C(C#N)=C(\CCC)c1cc(F)ccc1C. The molecule has 0 bridgehead atoms. The number of hydrogen-bond donors (Lipinski definition) is 0. The Morgan fingerprint density at radius 2 is 1.89 bits per heavy atom. The lowest BCUT2D eigenvalue weighted by Crippen LogP contribution is -1.95. The summed E-state index contributed by atoms with van der Waals surface area (Å²) in [6, 6.07) is 7.08. The highest BCUT2D eigenvalue weighted by molar-refractivity contribution is 5.73. The van der Waals surface area contributed by atoms with Crippen LogP contribution in [0.15, 0.2) is 23.8 Å². The number of halogens is 1. The molecule has 0 fully saturated rings. The summed E-state index contributed by atoms with van der Waals surface area (Å²) < 4.78 is 13.4. The van der Waals surface area contributed by atoms with Gasteiger partial charge in [-0.05, 0) is 48.6 Å². The summed E-state index contributed by atoms with van der Waals surface area (Å²) in [5, 5.41) is 9.27. The molecule has 0 amide bonds. The summed E-state index contributed by atoms with van der Waals surface area (Å²) in [4.78, 5) is 0. The first-order valence-electron chi connectivity index (χ1n) is 6.52. The van der Waals surface area contributed by atoms with Gasteiger partial charge in [-0.25, -0.2) is 4.39 Å². The fourth-order valence-corrected chi connectivity index (χ4v) is 2.14. The minimum Gasteiger partial charge on any atom is -0.207 e. The summed E-state index contributed by atoms with van der Waals surface area (Å²) in [6.45, 7) is 6.10. The van der Waals surface area contributed by atoms with Crippen molar-refractivity contribution in [2.24, 2.45) is 0 Å². The van der Waals surface area contributed by atoms with Gasteiger partial charge in [0.05, 0.1) is 6.07 Å². The average Bonchev–Trinajstić information content (AvgIpc) is 2.37. The van der Waals surface area contributed by atoms with E-state index < -0.39 is 0 Å². The summed E-state index contributed by atoms with van der Waals surface area (Å²) in [6.07, 6.45) is 3.49. The van der Waals surface area contributed by atoms with Gasteiger partial charge in [0.1, 0.15) is 5.82 Å². The van der Waals surface area contributed by atoms with Gasteiger partial charge in [-0.2, -0.15) is 5.26 Å². The molecule has 0 saturated heterocycles. The molecule has 0 heterocycles. The van der Waals surface area contributed by atoms with Crippen molar-refractivity contribution in [1.29, 1.82) is 5.26 Å². The van der Waals surface area contributed by atoms with Crippen LogP contribution in [0.25, 0.3) is 5.57 Å². The third kappa shape index (κ3) is 3.43. The molecule has 0 aliphatic rings. The van der Waals surface area contributed by atoms with Gasteiger partial charge in [0, 0.05) is 5.57 Å². The highest BCUT2D eigenvalue weighted by atomic mass is 19.1. The van der Waals surface area contributed by atoms with Gasteiger partial charge in [0.15, 0.2) is 0 Å². The van der Waals surface area contributed by atoms with Crippen LogP contribution in [0.2, 0.25) is 0 Å². The van der Waals surface area contributed by atoms with Crippen molar-refractivity contribution in [2.45, 2.75) is 46.5 Å². The van der Waals surface area contributed by atoms with E-state index in [-0.39, 0.29) is 5.82 Å². The van der Waals surface area contributed by atoms with Crippen LogP contribution in [-0.4, -0.2) is 0 Å². The van der Waals surface area contributed by atoms with E-state index in [1.54, 1.807) is 12.1 Å². The zero-order valence-corrected chi connectivity index (χ0v) is 11.4. The molecular weight excluding hydrogens is 225 g/mol. The highest BCUT2D eigenvalue weighted by Gasteiger charge is 2.11. The largest absolute Gasteiger partial charge is 0.207 e. The van der Waals surface area contributed by atoms with Crippen LogP contribution in [0, 0.1) is 24.1 Å². The standard InChI is InChI=1S/C16H20FN/c1-4-6-13(11-18)15(7-5-2)16-10-14(17)9-8-12(16)3/h8-10H,4-7H2,1-3H3/b15-13-. The maximum atomic E-state index is 13.4. The van der Waals surface area contributed by atoms with E-state index in [2.05, 4.69) is 19.9 Å². The van der Waals surface area contributed by atoms with Crippen molar-refractivity contribution in [1.82, 2.24) is 0 Å². The number of nitrogens with zero attached hydrogens (tertiary/aromatic N) is 1. The van der Waals surface area contributed by atoms with Gasteiger partial charge < -0.3 is 0 Å². The molecule has 0 atom stereocenters. The summed E-state index contributed by atoms with van der Waals surface area (Å²) in [5.41, 5.74) is 3.73. The molecule has 0 radical (unpaired) electrons. The second kappa shape index (κ2) is 6.96. The molecule has 0 N–H and O–H groups in total. The number of rotatable bonds is 5. The fourth-order valence-electron chi connectivity index (χ4n) is 2.14. The zero-order chi connectivity index (χ0) is 13.5. The number of benzene rings is 1. The van der Waals surface area contributed by atoms with Crippen LogP contribution in [0.4, 0.5) is 4.39 Å². The second-order valence-electron chi connectivity index (χ2n) is 4.53. The van der Waals surface area contributed by atoms with Gasteiger partial charge in [0.2, 0.25) is 0 Å². The Balaban J connectivity index is 3.35. The Kier molecular flexibility index (Phi) is 5.58. The Morgan fingerprint density at radius 3 is 2.44 bits per heavy atom. The smallest absolute Gasteiger partial charge is 0.123 e. The molecule has 1 aromatic rings. The van der Waals surface area contributed by atoms with E-state index in [0.29, 0.717) is 0 Å². The molecule has 0 saturated carbocycles. The lowest BCUT2D eigenvalue weighted by Gasteiger charge is -2.13. The van der Waals surface area contributed by atoms with Crippen molar-refractivity contribution in [3.8, 4) is 6.07 Å². The Bertz CT molecular complexity index is 480. The fraction of sp³-hybridized carbons (Fsp3) is 0.438. The lowest BCUT2D eigenvalue weighted by atomic mass is 9.91. The van der Waals surface area contributed by atoms with Gasteiger partial charge in [0.25, 0.3) is 0 Å². The van der Waals surface area contributed by atoms with Crippen molar-refractivity contribution in [2.75, 3.05) is 0 Å². The van der Waals surface area contributed by atoms with Crippen LogP contribution >= 0.6 is 0 Å². The van der Waals surface area contributed by atoms with E-state index in [1.165, 1.54) is 6.07 Å². The van der Waals surface area contributed by atoms with Crippen LogP contribution < -0.4 is 0 Å². The molecule has 96 valence electrons. The molecule has 18 heavy (non-hydrogen) atoms. The molecule has 1 rings (SSSR count). The molecule has 0 unspecified atom stereocenters. The number of aryl methyl sites for hydroxylation is 1. The highest BCUT2D eigenvalue weighted by Crippen LogP contribution is 2.29. The molecule has 0 spiro atoms. The third-order valence-corrected chi connectivity index (χ3v) is 3.02. The van der Waals surface area contributed by atoms with Gasteiger partial charge in [-0.3, -0.25) is 0 Å². The maximum absolute atomic E-state index is 13.4. The van der Waals surface area contributed by atoms with Gasteiger partial charge in [-0.15, -0.1) is 0 Å². The third-order valence-electron chi connectivity index (χ3n) is 3.02. The molecule has 1 nitrogen and oxygen atoms in total. The normalized spacial score (nSPS) is 11.9. The molecule has 0 aliphatic carbocycles. The predicted octanol–water partition coefficient (Wildman–Crippen LogP) is 5.01. The molecular formula is C16H20FN. The minimum atomic E-state index is -0.238. The van der Waals surface area contributed by atoms with Crippen molar-refractivity contribution in [3.05, 3.63) is 40.7 Å². The first-order chi connectivity index (χ1) is 8.63. The van der Waals surface area contributed by atoms with E-state index in [0.717, 1.165) is 48.0 Å². The lowest BCUT2D eigenvalue weighted by molar-refractivity contribution is 0.626. The summed E-state index contributed by atoms with van der Waals surface area (Å²) >= 11 is 0. The summed E-state index contributed by atoms with van der Waals surface area (Å²) in [5.74, 6) is -0.238. The van der Waals surface area contributed by atoms with Gasteiger partial charge in [-0.1, -0.05) is 32.8 Å². The summed E-state index contributed by atoms with van der Waals surface area (Å²) in [7, 11) is 0. The Morgan fingerprint density at radius 1 is 1.22 bits per heavy atom. The number of nitriles is 1. The first kappa shape index (κ1) is 14.4. The molecule has 0 aromatic heterocycles. The van der Waals surface area contributed by atoms with E-state index in [4.69, 9.17) is 0 Å². The Hall–Kier alpha value is -1.62. The van der Waals surface area contributed by atoms with Crippen LogP contribution in [-0.2, 0) is 0 Å². The first-order valence-corrected chi connectivity index (χ1v) is 6.52. The second-order valence-corrected chi connectivity index (χ2v) is 4.53. The van der Waals surface area contributed by atoms with Crippen molar-refractivity contribution in [3.63, 3.8) is 0 Å². The molecule has 2 heteroatoms. The van der Waals surface area contributed by atoms with Crippen molar-refractivity contribution >= 4 is 5.57 Å². The zero-order valence-electron chi connectivity index (χ0n) is 11.4. The Labute approximate surface area is 109 Å². The molecule has 0 aliphatic heterocycles. The van der Waals surface area contributed by atoms with Gasteiger partial charge >= 0.3 is 0 Å². The minimum absolute atomic E-state index is 0.238. The van der Waals surface area contributed by atoms with Crippen LogP contribution in [0.1, 0.15) is 50.7 Å². The molecule has 1 aromatic carbocycles. The topological polar surface area (TPSA) is 23.8 Å². The number of allylic oxidation sites excluding steroid dienone is 2. The van der Waals surface area contributed by atoms with E-state index in [9.17, 15) is 9.65 Å². The monoisotopic (exact) mass is 245 g/mol. The average molecular weight is 245 g/mol. The number of hydrogen-bond acceptors (Lipinski definition) is 1. The van der Waals surface area contributed by atoms with E-state index >= 15 is 0 Å². The van der Waals surface area contributed by atoms with Crippen LogP contribution in [0.3, 0.4) is 0 Å². The van der Waals surface area contributed by atoms with Crippen molar-refractivity contribution < 1.29 is 4.39 Å². The maximum Gasteiger partial charge on any atom is 0.123 e. The quantitative estimate of drug-likeness (QED) is 0.669.